The highest BCUT2D eigenvalue weighted by Gasteiger charge is 2.41. The van der Waals surface area contributed by atoms with E-state index in [2.05, 4.69) is 5.32 Å². The molecular weight excluding hydrogens is 248 g/mol. The SMILES string of the molecule is Nc1ccc2c(c1)CCC2NCC(F)(F)C(F)F. The minimum Gasteiger partial charge on any atom is -0.399 e. The first kappa shape index (κ1) is 13.1. The number of aryl methyl sites for hydroxylation is 1. The number of benzene rings is 1. The summed E-state index contributed by atoms with van der Waals surface area (Å²) < 4.78 is 49.7. The normalized spacial score (nSPS) is 19.3. The molecule has 1 aliphatic carbocycles. The summed E-state index contributed by atoms with van der Waals surface area (Å²) in [5, 5.41) is 2.51. The topological polar surface area (TPSA) is 38.0 Å². The Balaban J connectivity index is 2.02. The fourth-order valence-corrected chi connectivity index (χ4v) is 2.19. The van der Waals surface area contributed by atoms with Gasteiger partial charge in [0.1, 0.15) is 0 Å². The standard InChI is InChI=1S/C12H14F4N2/c13-11(14)12(15,16)6-18-10-4-1-7-5-8(17)2-3-9(7)10/h2-3,5,10-11,18H,1,4,6,17H2. The van der Waals surface area contributed by atoms with Gasteiger partial charge in [0.25, 0.3) is 0 Å². The number of hydrogen-bond donors (Lipinski definition) is 2. The molecule has 3 N–H and O–H groups in total. The molecular formula is C12H14F4N2. The van der Waals surface area contributed by atoms with E-state index in [0.29, 0.717) is 12.1 Å². The third-order valence-electron chi connectivity index (χ3n) is 3.15. The van der Waals surface area contributed by atoms with Crippen molar-refractivity contribution in [3.05, 3.63) is 29.3 Å². The van der Waals surface area contributed by atoms with Crippen molar-refractivity contribution in [2.24, 2.45) is 0 Å². The lowest BCUT2D eigenvalue weighted by molar-refractivity contribution is -0.126. The predicted octanol–water partition coefficient (Wildman–Crippen LogP) is 2.75. The Morgan fingerprint density at radius 1 is 1.39 bits per heavy atom. The van der Waals surface area contributed by atoms with Gasteiger partial charge in [-0.15, -0.1) is 0 Å². The van der Waals surface area contributed by atoms with Gasteiger partial charge in [-0.05, 0) is 36.1 Å². The molecule has 0 aliphatic heterocycles. The molecule has 0 bridgehead atoms. The predicted molar refractivity (Wildman–Crippen MR) is 60.9 cm³/mol. The summed E-state index contributed by atoms with van der Waals surface area (Å²) in [5.74, 6) is -3.99. The van der Waals surface area contributed by atoms with Gasteiger partial charge in [0.15, 0.2) is 0 Å². The lowest BCUT2D eigenvalue weighted by atomic mass is 10.1. The van der Waals surface area contributed by atoms with E-state index >= 15 is 0 Å². The van der Waals surface area contributed by atoms with Crippen molar-refractivity contribution < 1.29 is 17.6 Å². The Morgan fingerprint density at radius 2 is 2.11 bits per heavy atom. The van der Waals surface area contributed by atoms with Crippen LogP contribution in [0.15, 0.2) is 18.2 Å². The van der Waals surface area contributed by atoms with Crippen LogP contribution in [-0.4, -0.2) is 18.9 Å². The number of rotatable bonds is 4. The highest BCUT2D eigenvalue weighted by Crippen LogP contribution is 2.33. The van der Waals surface area contributed by atoms with E-state index in [4.69, 9.17) is 5.73 Å². The number of hydrogen-bond acceptors (Lipinski definition) is 2. The number of nitrogens with two attached hydrogens (primary N) is 1. The van der Waals surface area contributed by atoms with E-state index in [1.54, 1.807) is 18.2 Å². The monoisotopic (exact) mass is 262 g/mol. The summed E-state index contributed by atoms with van der Waals surface area (Å²) >= 11 is 0. The van der Waals surface area contributed by atoms with Gasteiger partial charge < -0.3 is 11.1 Å². The molecule has 1 unspecified atom stereocenters. The van der Waals surface area contributed by atoms with E-state index in [0.717, 1.165) is 17.5 Å². The highest BCUT2D eigenvalue weighted by atomic mass is 19.3. The van der Waals surface area contributed by atoms with Crippen LogP contribution in [0.25, 0.3) is 0 Å². The van der Waals surface area contributed by atoms with Crippen molar-refractivity contribution in [2.75, 3.05) is 12.3 Å². The van der Waals surface area contributed by atoms with Crippen LogP contribution in [0.5, 0.6) is 0 Å². The first-order valence-corrected chi connectivity index (χ1v) is 5.68. The number of halogens is 4. The van der Waals surface area contributed by atoms with E-state index < -0.39 is 18.9 Å². The summed E-state index contributed by atoms with van der Waals surface area (Å²) in [7, 11) is 0. The van der Waals surface area contributed by atoms with Crippen LogP contribution in [0, 0.1) is 0 Å². The Kier molecular flexibility index (Phi) is 3.47. The van der Waals surface area contributed by atoms with Gasteiger partial charge in [0.2, 0.25) is 0 Å². The van der Waals surface area contributed by atoms with Crippen molar-refractivity contribution in [3.8, 4) is 0 Å². The lowest BCUT2D eigenvalue weighted by Crippen LogP contribution is -2.39. The maximum Gasteiger partial charge on any atom is 0.319 e. The molecule has 0 radical (unpaired) electrons. The zero-order valence-corrected chi connectivity index (χ0v) is 9.60. The molecule has 1 atom stereocenters. The van der Waals surface area contributed by atoms with Crippen molar-refractivity contribution in [3.63, 3.8) is 0 Å². The molecule has 0 fully saturated rings. The van der Waals surface area contributed by atoms with Gasteiger partial charge in [0.05, 0.1) is 6.54 Å². The molecule has 2 nitrogen and oxygen atoms in total. The number of alkyl halides is 4. The Hall–Kier alpha value is -1.30. The number of nitrogen functional groups attached to an aromatic ring is 1. The summed E-state index contributed by atoms with van der Waals surface area (Å²) in [4.78, 5) is 0. The van der Waals surface area contributed by atoms with Crippen molar-refractivity contribution in [2.45, 2.75) is 31.2 Å². The molecule has 0 spiro atoms. The van der Waals surface area contributed by atoms with Crippen molar-refractivity contribution in [1.82, 2.24) is 5.32 Å². The molecule has 2 rings (SSSR count). The summed E-state index contributed by atoms with van der Waals surface area (Å²) in [6, 6.07) is 4.94. The fraction of sp³-hybridized carbons (Fsp3) is 0.500. The summed E-state index contributed by atoms with van der Waals surface area (Å²) in [6.45, 7) is -1.01. The number of fused-ring (bicyclic) bond motifs is 1. The Bertz CT molecular complexity index is 434. The molecule has 1 aromatic carbocycles. The molecule has 0 saturated heterocycles. The summed E-state index contributed by atoms with van der Waals surface area (Å²) in [5.41, 5.74) is 8.10. The minimum atomic E-state index is -3.99. The van der Waals surface area contributed by atoms with Crippen LogP contribution in [0.4, 0.5) is 23.2 Å². The summed E-state index contributed by atoms with van der Waals surface area (Å²) in [6.07, 6.45) is -2.30. The molecule has 0 heterocycles. The fourth-order valence-electron chi connectivity index (χ4n) is 2.19. The van der Waals surface area contributed by atoms with Crippen LogP contribution in [-0.2, 0) is 6.42 Å². The van der Waals surface area contributed by atoms with Crippen LogP contribution in [0.1, 0.15) is 23.6 Å². The van der Waals surface area contributed by atoms with Gasteiger partial charge in [-0.1, -0.05) is 6.07 Å². The van der Waals surface area contributed by atoms with Gasteiger partial charge >= 0.3 is 12.3 Å². The first-order chi connectivity index (χ1) is 8.40. The molecule has 1 aliphatic rings. The van der Waals surface area contributed by atoms with Gasteiger partial charge in [0, 0.05) is 11.7 Å². The number of anilines is 1. The van der Waals surface area contributed by atoms with E-state index in [9.17, 15) is 17.6 Å². The average molecular weight is 262 g/mol. The van der Waals surface area contributed by atoms with Gasteiger partial charge in [-0.2, -0.15) is 8.78 Å². The van der Waals surface area contributed by atoms with E-state index in [1.165, 1.54) is 0 Å². The van der Waals surface area contributed by atoms with Crippen molar-refractivity contribution >= 4 is 5.69 Å². The zero-order chi connectivity index (χ0) is 13.3. The molecule has 6 heteroatoms. The molecule has 0 saturated carbocycles. The number of nitrogens with one attached hydrogen (secondary N) is 1. The minimum absolute atomic E-state index is 0.301. The smallest absolute Gasteiger partial charge is 0.319 e. The van der Waals surface area contributed by atoms with Crippen LogP contribution < -0.4 is 11.1 Å². The molecule has 1 aromatic rings. The second-order valence-corrected chi connectivity index (χ2v) is 4.49. The van der Waals surface area contributed by atoms with E-state index in [-0.39, 0.29) is 6.04 Å². The Morgan fingerprint density at radius 3 is 2.78 bits per heavy atom. The molecule has 100 valence electrons. The quantitative estimate of drug-likeness (QED) is 0.646. The lowest BCUT2D eigenvalue weighted by Gasteiger charge is -2.20. The average Bonchev–Trinajstić information content (AvgIpc) is 2.68. The second-order valence-electron chi connectivity index (χ2n) is 4.49. The molecule has 18 heavy (non-hydrogen) atoms. The third kappa shape index (κ3) is 2.58. The molecule has 0 amide bonds. The zero-order valence-electron chi connectivity index (χ0n) is 9.60. The highest BCUT2D eigenvalue weighted by molar-refractivity contribution is 5.47. The van der Waals surface area contributed by atoms with Crippen LogP contribution >= 0.6 is 0 Å². The Labute approximate surface area is 102 Å². The van der Waals surface area contributed by atoms with Crippen LogP contribution in [0.3, 0.4) is 0 Å². The van der Waals surface area contributed by atoms with E-state index in [1.807, 2.05) is 0 Å². The second kappa shape index (κ2) is 4.76. The third-order valence-corrected chi connectivity index (χ3v) is 3.15. The van der Waals surface area contributed by atoms with Crippen molar-refractivity contribution in [1.29, 1.82) is 0 Å². The van der Waals surface area contributed by atoms with Gasteiger partial charge in [-0.3, -0.25) is 0 Å². The maximum absolute atomic E-state index is 12.8. The van der Waals surface area contributed by atoms with Gasteiger partial charge in [-0.25, -0.2) is 8.78 Å². The maximum atomic E-state index is 12.8. The first-order valence-electron chi connectivity index (χ1n) is 5.68. The largest absolute Gasteiger partial charge is 0.399 e. The molecule has 0 aromatic heterocycles. The van der Waals surface area contributed by atoms with Crippen LogP contribution in [0.2, 0.25) is 0 Å².